The van der Waals surface area contributed by atoms with E-state index < -0.39 is 30.5 Å². The van der Waals surface area contributed by atoms with Crippen LogP contribution in [0, 0.1) is 12.8 Å². The maximum atomic E-state index is 12.5. The molecule has 7 nitrogen and oxygen atoms in total. The number of aryl methyl sites for hydroxylation is 1. The Hall–Kier alpha value is -2.96. The van der Waals surface area contributed by atoms with Gasteiger partial charge >= 0.3 is 11.9 Å². The summed E-state index contributed by atoms with van der Waals surface area (Å²) in [6.45, 7) is 5.03. The Balaban J connectivity index is 2.07. The summed E-state index contributed by atoms with van der Waals surface area (Å²) < 4.78 is 9.87. The maximum absolute atomic E-state index is 12.5. The first kappa shape index (κ1) is 20.4. The molecular formula is C20H24N2O5. The van der Waals surface area contributed by atoms with Crippen molar-refractivity contribution in [1.82, 2.24) is 10.3 Å². The van der Waals surface area contributed by atoms with E-state index in [0.717, 1.165) is 0 Å². The lowest BCUT2D eigenvalue weighted by Crippen LogP contribution is -2.47. The number of ether oxygens (including phenoxy) is 2. The van der Waals surface area contributed by atoms with Gasteiger partial charge in [0.15, 0.2) is 6.61 Å². The van der Waals surface area contributed by atoms with Gasteiger partial charge in [-0.2, -0.15) is 0 Å². The molecule has 2 aromatic rings. The van der Waals surface area contributed by atoms with E-state index in [9.17, 15) is 14.4 Å². The first-order valence-electron chi connectivity index (χ1n) is 8.78. The van der Waals surface area contributed by atoms with Crippen molar-refractivity contribution in [1.29, 1.82) is 0 Å². The van der Waals surface area contributed by atoms with Crippen LogP contribution in [0.3, 0.4) is 0 Å². The van der Waals surface area contributed by atoms with Crippen LogP contribution in [-0.4, -0.2) is 42.6 Å². The molecule has 0 bridgehead atoms. The minimum atomic E-state index is -0.782. The molecule has 144 valence electrons. The number of para-hydroxylation sites is 1. The summed E-state index contributed by atoms with van der Waals surface area (Å²) in [6.07, 6.45) is 0.683. The minimum absolute atomic E-state index is 0.108. The molecule has 2 atom stereocenters. The number of carbonyl (C=O) groups excluding carboxylic acids is 3. The second-order valence-electron chi connectivity index (χ2n) is 6.36. The summed E-state index contributed by atoms with van der Waals surface area (Å²) in [6, 6.07) is 8.05. The van der Waals surface area contributed by atoms with Crippen LogP contribution >= 0.6 is 0 Å². The smallest absolute Gasteiger partial charge is 0.339 e. The zero-order valence-electron chi connectivity index (χ0n) is 15.9. The van der Waals surface area contributed by atoms with Crippen LogP contribution in [0.4, 0.5) is 0 Å². The third kappa shape index (κ3) is 5.03. The van der Waals surface area contributed by atoms with E-state index in [1.54, 1.807) is 31.2 Å². The number of pyridine rings is 1. The number of carbonyl (C=O) groups is 3. The van der Waals surface area contributed by atoms with E-state index in [1.807, 2.05) is 19.9 Å². The van der Waals surface area contributed by atoms with Gasteiger partial charge in [-0.15, -0.1) is 0 Å². The van der Waals surface area contributed by atoms with Crippen molar-refractivity contribution in [3.63, 3.8) is 0 Å². The largest absolute Gasteiger partial charge is 0.467 e. The summed E-state index contributed by atoms with van der Waals surface area (Å²) in [5.41, 5.74) is 1.70. The summed E-state index contributed by atoms with van der Waals surface area (Å²) in [7, 11) is 1.26. The van der Waals surface area contributed by atoms with Crippen molar-refractivity contribution in [2.75, 3.05) is 13.7 Å². The lowest BCUT2D eigenvalue weighted by Gasteiger charge is -2.21. The maximum Gasteiger partial charge on any atom is 0.339 e. The number of rotatable bonds is 7. The molecule has 0 saturated heterocycles. The van der Waals surface area contributed by atoms with Crippen LogP contribution in [0.2, 0.25) is 0 Å². The van der Waals surface area contributed by atoms with Crippen LogP contribution in [0.25, 0.3) is 10.9 Å². The molecular weight excluding hydrogens is 348 g/mol. The highest BCUT2D eigenvalue weighted by Crippen LogP contribution is 2.19. The molecule has 2 rings (SSSR count). The standard InChI is InChI=1S/C20H24N2O5/c1-5-12(2)18(20(25)26-4)22-17(23)11-27-19(24)15-10-13(3)21-16-9-7-6-8-14(15)16/h6-10,12,18H,5,11H2,1-4H3,(H,22,23)/t12-,18-/m1/s1. The minimum Gasteiger partial charge on any atom is -0.467 e. The van der Waals surface area contributed by atoms with E-state index in [4.69, 9.17) is 9.47 Å². The molecule has 0 aliphatic heterocycles. The average Bonchev–Trinajstić information content (AvgIpc) is 2.68. The number of benzene rings is 1. The Morgan fingerprint density at radius 1 is 1.22 bits per heavy atom. The lowest BCUT2D eigenvalue weighted by atomic mass is 9.99. The molecule has 1 amide bonds. The monoisotopic (exact) mass is 372 g/mol. The number of nitrogens with one attached hydrogen (secondary N) is 1. The Bertz CT molecular complexity index is 849. The summed E-state index contributed by atoms with van der Waals surface area (Å²) in [5.74, 6) is -1.82. The van der Waals surface area contributed by atoms with Crippen molar-refractivity contribution in [3.8, 4) is 0 Å². The van der Waals surface area contributed by atoms with Gasteiger partial charge in [0.2, 0.25) is 0 Å². The van der Waals surface area contributed by atoms with E-state index in [2.05, 4.69) is 10.3 Å². The normalized spacial score (nSPS) is 12.9. The molecule has 1 heterocycles. The highest BCUT2D eigenvalue weighted by Gasteiger charge is 2.27. The molecule has 27 heavy (non-hydrogen) atoms. The molecule has 1 aromatic carbocycles. The van der Waals surface area contributed by atoms with Gasteiger partial charge in [-0.05, 0) is 25.0 Å². The molecule has 0 fully saturated rings. The zero-order valence-corrected chi connectivity index (χ0v) is 15.9. The Morgan fingerprint density at radius 3 is 2.59 bits per heavy atom. The number of amides is 1. The highest BCUT2D eigenvalue weighted by atomic mass is 16.5. The van der Waals surface area contributed by atoms with Crippen LogP contribution in [0.5, 0.6) is 0 Å². The number of nitrogens with zero attached hydrogens (tertiary/aromatic N) is 1. The van der Waals surface area contributed by atoms with Crippen molar-refractivity contribution in [2.24, 2.45) is 5.92 Å². The number of hydrogen-bond acceptors (Lipinski definition) is 6. The zero-order chi connectivity index (χ0) is 20.0. The van der Waals surface area contributed by atoms with Gasteiger partial charge in [0.1, 0.15) is 6.04 Å². The first-order valence-corrected chi connectivity index (χ1v) is 8.78. The Kier molecular flexibility index (Phi) is 6.87. The van der Waals surface area contributed by atoms with Crippen molar-refractivity contribution in [2.45, 2.75) is 33.2 Å². The molecule has 7 heteroatoms. The van der Waals surface area contributed by atoms with Gasteiger partial charge in [0, 0.05) is 11.1 Å². The van der Waals surface area contributed by atoms with Crippen molar-refractivity contribution in [3.05, 3.63) is 41.6 Å². The molecule has 1 aromatic heterocycles. The second kappa shape index (κ2) is 9.12. The second-order valence-corrected chi connectivity index (χ2v) is 6.36. The van der Waals surface area contributed by atoms with Crippen LogP contribution in [0.15, 0.2) is 30.3 Å². The molecule has 0 spiro atoms. The highest BCUT2D eigenvalue weighted by molar-refractivity contribution is 6.04. The fourth-order valence-electron chi connectivity index (χ4n) is 2.70. The fraction of sp³-hybridized carbons (Fsp3) is 0.400. The first-order chi connectivity index (χ1) is 12.9. The fourth-order valence-corrected chi connectivity index (χ4v) is 2.70. The molecule has 0 unspecified atom stereocenters. The SMILES string of the molecule is CC[C@@H](C)[C@@H](NC(=O)COC(=O)c1cc(C)nc2ccccc12)C(=O)OC. The van der Waals surface area contributed by atoms with Crippen LogP contribution < -0.4 is 5.32 Å². The Morgan fingerprint density at radius 2 is 1.93 bits per heavy atom. The molecule has 0 aliphatic rings. The summed E-state index contributed by atoms with van der Waals surface area (Å²) >= 11 is 0. The van der Waals surface area contributed by atoms with Gasteiger partial charge in [-0.3, -0.25) is 9.78 Å². The van der Waals surface area contributed by atoms with E-state index in [0.29, 0.717) is 28.6 Å². The molecule has 0 saturated carbocycles. The summed E-state index contributed by atoms with van der Waals surface area (Å²) in [4.78, 5) is 40.8. The topological polar surface area (TPSA) is 94.6 Å². The quantitative estimate of drug-likeness (QED) is 0.750. The van der Waals surface area contributed by atoms with E-state index in [1.165, 1.54) is 7.11 Å². The van der Waals surface area contributed by atoms with E-state index >= 15 is 0 Å². The number of esters is 2. The predicted octanol–water partition coefficient (Wildman–Crippen LogP) is 2.40. The number of aromatic nitrogens is 1. The Labute approximate surface area is 158 Å². The molecule has 0 radical (unpaired) electrons. The number of methoxy groups -OCH3 is 1. The summed E-state index contributed by atoms with van der Waals surface area (Å²) in [5, 5.41) is 3.22. The number of fused-ring (bicyclic) bond motifs is 1. The van der Waals surface area contributed by atoms with Gasteiger partial charge in [-0.1, -0.05) is 38.5 Å². The van der Waals surface area contributed by atoms with Gasteiger partial charge in [0.05, 0.1) is 18.2 Å². The van der Waals surface area contributed by atoms with Crippen LogP contribution in [-0.2, 0) is 19.1 Å². The third-order valence-electron chi connectivity index (χ3n) is 4.38. The third-order valence-corrected chi connectivity index (χ3v) is 4.38. The average molecular weight is 372 g/mol. The molecule has 0 aliphatic carbocycles. The van der Waals surface area contributed by atoms with Crippen LogP contribution in [0.1, 0.15) is 36.3 Å². The van der Waals surface area contributed by atoms with Gasteiger partial charge in [0.25, 0.3) is 5.91 Å². The van der Waals surface area contributed by atoms with Crippen molar-refractivity contribution < 1.29 is 23.9 Å². The van der Waals surface area contributed by atoms with E-state index in [-0.39, 0.29) is 5.92 Å². The van der Waals surface area contributed by atoms with Gasteiger partial charge < -0.3 is 14.8 Å². The van der Waals surface area contributed by atoms with Crippen molar-refractivity contribution >= 4 is 28.7 Å². The van der Waals surface area contributed by atoms with Gasteiger partial charge in [-0.25, -0.2) is 9.59 Å². The number of hydrogen-bond donors (Lipinski definition) is 1. The lowest BCUT2D eigenvalue weighted by molar-refractivity contribution is -0.147. The molecule has 1 N–H and O–H groups in total. The predicted molar refractivity (Wildman–Crippen MR) is 100 cm³/mol.